The zero-order valence-electron chi connectivity index (χ0n) is 10.3. The Morgan fingerprint density at radius 3 is 2.78 bits per heavy atom. The highest BCUT2D eigenvalue weighted by molar-refractivity contribution is 5.84. The summed E-state index contributed by atoms with van der Waals surface area (Å²) in [6.07, 6.45) is 1.56. The highest BCUT2D eigenvalue weighted by Gasteiger charge is 2.29. The molecule has 18 heavy (non-hydrogen) atoms. The van der Waals surface area contributed by atoms with Crippen LogP contribution in [0.1, 0.15) is 36.3 Å². The highest BCUT2D eigenvalue weighted by atomic mass is 16.4. The monoisotopic (exact) mass is 247 g/mol. The van der Waals surface area contributed by atoms with Crippen LogP contribution < -0.4 is 5.32 Å². The second-order valence-electron chi connectivity index (χ2n) is 4.79. The number of amides is 1. The summed E-state index contributed by atoms with van der Waals surface area (Å²) in [6.45, 7) is 2.02. The average Bonchev–Trinajstić information content (AvgIpc) is 2.52. The number of hydrogen-bond acceptors (Lipinski definition) is 2. The van der Waals surface area contributed by atoms with Gasteiger partial charge in [-0.3, -0.25) is 4.79 Å². The van der Waals surface area contributed by atoms with Crippen molar-refractivity contribution in [3.8, 4) is 0 Å². The van der Waals surface area contributed by atoms with Crippen molar-refractivity contribution >= 4 is 11.9 Å². The zero-order valence-corrected chi connectivity index (χ0v) is 10.3. The minimum absolute atomic E-state index is 0.131. The normalized spacial score (nSPS) is 24.2. The topological polar surface area (TPSA) is 66.4 Å². The molecule has 96 valence electrons. The van der Waals surface area contributed by atoms with E-state index in [4.69, 9.17) is 5.11 Å². The third-order valence-corrected chi connectivity index (χ3v) is 3.50. The lowest BCUT2D eigenvalue weighted by Gasteiger charge is -2.19. The molecule has 0 spiro atoms. The number of nitrogens with one attached hydrogen (secondary N) is 1. The lowest BCUT2D eigenvalue weighted by molar-refractivity contribution is -0.141. The van der Waals surface area contributed by atoms with Crippen LogP contribution in [0.4, 0.5) is 0 Å². The van der Waals surface area contributed by atoms with Gasteiger partial charge in [-0.05, 0) is 36.8 Å². The molecule has 0 radical (unpaired) electrons. The van der Waals surface area contributed by atoms with E-state index in [9.17, 15) is 9.59 Å². The Hall–Kier alpha value is -1.84. The van der Waals surface area contributed by atoms with Gasteiger partial charge in [-0.25, -0.2) is 4.79 Å². The first-order valence-electron chi connectivity index (χ1n) is 6.15. The Morgan fingerprint density at radius 1 is 1.39 bits per heavy atom. The van der Waals surface area contributed by atoms with E-state index < -0.39 is 12.0 Å². The quantitative estimate of drug-likeness (QED) is 0.838. The summed E-state index contributed by atoms with van der Waals surface area (Å²) in [5.41, 5.74) is 2.31. The molecular formula is C14H17NO3. The first kappa shape index (κ1) is 12.6. The first-order valence-corrected chi connectivity index (χ1v) is 6.15. The van der Waals surface area contributed by atoms with Gasteiger partial charge in [0.25, 0.3) is 0 Å². The van der Waals surface area contributed by atoms with Gasteiger partial charge in [-0.15, -0.1) is 0 Å². The van der Waals surface area contributed by atoms with Crippen LogP contribution in [-0.2, 0) is 9.59 Å². The van der Waals surface area contributed by atoms with Gasteiger partial charge >= 0.3 is 5.97 Å². The molecule has 1 aromatic carbocycles. The van der Waals surface area contributed by atoms with E-state index in [-0.39, 0.29) is 11.8 Å². The van der Waals surface area contributed by atoms with E-state index in [0.717, 1.165) is 11.1 Å². The number of aliphatic carboxylic acids is 1. The third-order valence-electron chi connectivity index (χ3n) is 3.50. The summed E-state index contributed by atoms with van der Waals surface area (Å²) in [6, 6.07) is 7.19. The molecule has 4 nitrogen and oxygen atoms in total. The molecule has 4 heteroatoms. The van der Waals surface area contributed by atoms with E-state index in [2.05, 4.69) is 5.32 Å². The van der Waals surface area contributed by atoms with E-state index in [1.165, 1.54) is 0 Å². The molecule has 2 rings (SSSR count). The van der Waals surface area contributed by atoms with Crippen LogP contribution in [0.3, 0.4) is 0 Å². The predicted molar refractivity (Wildman–Crippen MR) is 67.3 cm³/mol. The van der Waals surface area contributed by atoms with Crippen LogP contribution in [0, 0.1) is 6.92 Å². The van der Waals surface area contributed by atoms with Crippen LogP contribution in [0.25, 0.3) is 0 Å². The number of rotatable bonds is 2. The van der Waals surface area contributed by atoms with E-state index >= 15 is 0 Å². The fraction of sp³-hybridized carbons (Fsp3) is 0.429. The Kier molecular flexibility index (Phi) is 3.65. The maximum atomic E-state index is 11.5. The fourth-order valence-corrected chi connectivity index (χ4v) is 2.52. The largest absolute Gasteiger partial charge is 0.480 e. The maximum Gasteiger partial charge on any atom is 0.326 e. The van der Waals surface area contributed by atoms with Crippen LogP contribution in [0.15, 0.2) is 24.3 Å². The molecule has 0 bridgehead atoms. The van der Waals surface area contributed by atoms with Gasteiger partial charge in [-0.2, -0.15) is 0 Å². The molecule has 1 aromatic rings. The van der Waals surface area contributed by atoms with Crippen molar-refractivity contribution < 1.29 is 14.7 Å². The van der Waals surface area contributed by atoms with E-state index in [0.29, 0.717) is 19.3 Å². The number of carboxylic acids is 1. The number of aryl methyl sites for hydroxylation is 1. The van der Waals surface area contributed by atoms with Crippen molar-refractivity contribution in [2.75, 3.05) is 0 Å². The number of hydrogen-bond donors (Lipinski definition) is 2. The third kappa shape index (κ3) is 2.70. The smallest absolute Gasteiger partial charge is 0.326 e. The van der Waals surface area contributed by atoms with Gasteiger partial charge in [0, 0.05) is 6.42 Å². The minimum Gasteiger partial charge on any atom is -0.480 e. The summed E-state index contributed by atoms with van der Waals surface area (Å²) in [7, 11) is 0. The molecule has 1 amide bonds. The van der Waals surface area contributed by atoms with E-state index in [1.807, 2.05) is 31.2 Å². The molecule has 1 heterocycles. The second-order valence-corrected chi connectivity index (χ2v) is 4.79. The van der Waals surface area contributed by atoms with Crippen molar-refractivity contribution in [3.05, 3.63) is 35.4 Å². The summed E-state index contributed by atoms with van der Waals surface area (Å²) in [5.74, 6) is -0.992. The molecule has 0 aliphatic carbocycles. The molecule has 2 N–H and O–H groups in total. The maximum absolute atomic E-state index is 11.5. The fourth-order valence-electron chi connectivity index (χ4n) is 2.52. The molecule has 0 saturated carbocycles. The zero-order chi connectivity index (χ0) is 13.1. The van der Waals surface area contributed by atoms with Gasteiger partial charge in [0.2, 0.25) is 5.91 Å². The van der Waals surface area contributed by atoms with Gasteiger partial charge < -0.3 is 10.4 Å². The lowest BCUT2D eigenvalue weighted by atomic mass is 9.87. The summed E-state index contributed by atoms with van der Waals surface area (Å²) in [5, 5.41) is 11.7. The average molecular weight is 247 g/mol. The highest BCUT2D eigenvalue weighted by Crippen LogP contribution is 2.30. The number of carbonyl (C=O) groups is 2. The molecule has 1 aliphatic rings. The molecule has 1 saturated heterocycles. The Bertz CT molecular complexity index is 470. The lowest BCUT2D eigenvalue weighted by Crippen LogP contribution is -2.39. The first-order chi connectivity index (χ1) is 8.58. The number of carbonyl (C=O) groups excluding carboxylic acids is 1. The SMILES string of the molecule is Cc1ccccc1C1CCC(=O)NC(C(=O)O)C1. The van der Waals surface area contributed by atoms with Crippen molar-refractivity contribution in [1.29, 1.82) is 0 Å². The Morgan fingerprint density at radius 2 is 2.11 bits per heavy atom. The number of carboxylic acid groups (broad SMARTS) is 1. The van der Waals surface area contributed by atoms with Gasteiger partial charge in [0.05, 0.1) is 0 Å². The minimum atomic E-state index is -0.955. The molecule has 2 atom stereocenters. The molecule has 0 aromatic heterocycles. The van der Waals surface area contributed by atoms with Crippen molar-refractivity contribution in [3.63, 3.8) is 0 Å². The van der Waals surface area contributed by atoms with Gasteiger partial charge in [0.1, 0.15) is 6.04 Å². The number of benzene rings is 1. The molecule has 2 unspecified atom stereocenters. The van der Waals surface area contributed by atoms with Crippen LogP contribution in [0.2, 0.25) is 0 Å². The summed E-state index contributed by atoms with van der Waals surface area (Å²) in [4.78, 5) is 22.6. The van der Waals surface area contributed by atoms with Crippen molar-refractivity contribution in [2.24, 2.45) is 0 Å². The second kappa shape index (κ2) is 5.21. The Balaban J connectivity index is 2.25. The standard InChI is InChI=1S/C14H17NO3/c1-9-4-2-3-5-11(9)10-6-7-13(16)15-12(8-10)14(17)18/h2-5,10,12H,6-8H2,1H3,(H,15,16)(H,17,18). The summed E-state index contributed by atoms with van der Waals surface area (Å²) < 4.78 is 0. The Labute approximate surface area is 106 Å². The van der Waals surface area contributed by atoms with Gasteiger partial charge in [0.15, 0.2) is 0 Å². The van der Waals surface area contributed by atoms with Crippen molar-refractivity contribution in [2.45, 2.75) is 38.1 Å². The predicted octanol–water partition coefficient (Wildman–Crippen LogP) is 1.83. The van der Waals surface area contributed by atoms with E-state index in [1.54, 1.807) is 0 Å². The van der Waals surface area contributed by atoms with Crippen LogP contribution >= 0.6 is 0 Å². The summed E-state index contributed by atoms with van der Waals surface area (Å²) >= 11 is 0. The molecular weight excluding hydrogens is 230 g/mol. The van der Waals surface area contributed by atoms with Crippen LogP contribution in [-0.4, -0.2) is 23.0 Å². The molecule has 1 aliphatic heterocycles. The van der Waals surface area contributed by atoms with Crippen LogP contribution in [0.5, 0.6) is 0 Å². The van der Waals surface area contributed by atoms with Crippen molar-refractivity contribution in [1.82, 2.24) is 5.32 Å². The van der Waals surface area contributed by atoms with Gasteiger partial charge in [-0.1, -0.05) is 24.3 Å². The molecule has 1 fully saturated rings.